The molecule has 10 heteroatoms. The van der Waals surface area contributed by atoms with Crippen molar-refractivity contribution in [3.8, 4) is 5.75 Å². The number of hydrogen-bond acceptors (Lipinski definition) is 5. The summed E-state index contributed by atoms with van der Waals surface area (Å²) in [5, 5.41) is 5.93. The Labute approximate surface area is 212 Å². The third-order valence-electron chi connectivity index (χ3n) is 5.90. The molecule has 0 amide bonds. The van der Waals surface area contributed by atoms with Gasteiger partial charge in [-0.25, -0.2) is 8.42 Å². The maximum atomic E-state index is 13.4. The van der Waals surface area contributed by atoms with E-state index in [0.29, 0.717) is 51.5 Å². The molecule has 0 aliphatic carbocycles. The van der Waals surface area contributed by atoms with Crippen LogP contribution in [0.25, 0.3) is 0 Å². The Bertz CT molecular complexity index is 1380. The summed E-state index contributed by atoms with van der Waals surface area (Å²) < 4.78 is 35.2. The van der Waals surface area contributed by atoms with Gasteiger partial charge >= 0.3 is 0 Å². The number of rotatable bonds is 6. The summed E-state index contributed by atoms with van der Waals surface area (Å²) in [7, 11) is -3.90. The van der Waals surface area contributed by atoms with Crippen LogP contribution in [0.5, 0.6) is 5.75 Å². The highest BCUT2D eigenvalue weighted by Gasteiger charge is 2.32. The lowest BCUT2D eigenvalue weighted by Gasteiger charge is -2.21. The SMILES string of the molecule is O=S(=O)(NC(C1=NNC(c2ccc(Cl)cc2)C1)c1ccc(Cl)cc1Cl)c1ccc2c(c1)CCO2. The first-order chi connectivity index (χ1) is 16.3. The highest BCUT2D eigenvalue weighted by molar-refractivity contribution is 7.89. The van der Waals surface area contributed by atoms with Crippen molar-refractivity contribution in [3.05, 3.63) is 92.4 Å². The van der Waals surface area contributed by atoms with Crippen LogP contribution in [0.4, 0.5) is 0 Å². The van der Waals surface area contributed by atoms with E-state index in [1.165, 1.54) is 6.07 Å². The fourth-order valence-corrected chi connectivity index (χ4v) is 6.03. The van der Waals surface area contributed by atoms with Crippen molar-refractivity contribution in [1.82, 2.24) is 10.1 Å². The number of benzene rings is 3. The van der Waals surface area contributed by atoms with Gasteiger partial charge in [0.2, 0.25) is 10.0 Å². The molecule has 2 N–H and O–H groups in total. The van der Waals surface area contributed by atoms with Gasteiger partial charge in [0.15, 0.2) is 0 Å². The van der Waals surface area contributed by atoms with Crippen LogP contribution < -0.4 is 14.9 Å². The molecule has 176 valence electrons. The topological polar surface area (TPSA) is 79.8 Å². The van der Waals surface area contributed by atoms with Gasteiger partial charge in [-0.3, -0.25) is 0 Å². The first-order valence-corrected chi connectivity index (χ1v) is 13.2. The Balaban J connectivity index is 1.47. The minimum atomic E-state index is -3.90. The number of hydrazone groups is 1. The number of hydrogen-bond donors (Lipinski definition) is 2. The molecule has 0 spiro atoms. The molecule has 0 bridgehead atoms. The van der Waals surface area contributed by atoms with Crippen molar-refractivity contribution >= 4 is 50.5 Å². The van der Waals surface area contributed by atoms with Crippen LogP contribution in [0.15, 0.2) is 70.7 Å². The fourth-order valence-electron chi connectivity index (χ4n) is 4.13. The molecule has 2 aliphatic heterocycles. The zero-order valence-corrected chi connectivity index (χ0v) is 20.8. The van der Waals surface area contributed by atoms with Gasteiger partial charge in [0.25, 0.3) is 0 Å². The third-order valence-corrected chi connectivity index (χ3v) is 8.14. The Morgan fingerprint density at radius 3 is 2.53 bits per heavy atom. The van der Waals surface area contributed by atoms with Crippen molar-refractivity contribution in [1.29, 1.82) is 0 Å². The fraction of sp³-hybridized carbons (Fsp3) is 0.208. The Kier molecular flexibility index (Phi) is 6.48. The van der Waals surface area contributed by atoms with Crippen LogP contribution in [0.1, 0.15) is 35.2 Å². The zero-order chi connectivity index (χ0) is 23.9. The summed E-state index contributed by atoms with van der Waals surface area (Å²) in [6, 6.07) is 16.4. The van der Waals surface area contributed by atoms with E-state index in [4.69, 9.17) is 39.5 Å². The van der Waals surface area contributed by atoms with Gasteiger partial charge < -0.3 is 10.2 Å². The second-order valence-electron chi connectivity index (χ2n) is 8.13. The molecule has 2 heterocycles. The smallest absolute Gasteiger partial charge is 0.241 e. The highest BCUT2D eigenvalue weighted by Crippen LogP contribution is 2.34. The lowest BCUT2D eigenvalue weighted by Crippen LogP contribution is -2.33. The molecule has 34 heavy (non-hydrogen) atoms. The van der Waals surface area contributed by atoms with Crippen LogP contribution in [0.3, 0.4) is 0 Å². The summed E-state index contributed by atoms with van der Waals surface area (Å²) >= 11 is 18.6. The maximum absolute atomic E-state index is 13.4. The molecule has 2 aliphatic rings. The minimum Gasteiger partial charge on any atom is -0.493 e. The van der Waals surface area contributed by atoms with Gasteiger partial charge in [-0.05, 0) is 59.2 Å². The Morgan fingerprint density at radius 1 is 1.00 bits per heavy atom. The first kappa shape index (κ1) is 23.5. The zero-order valence-electron chi connectivity index (χ0n) is 17.8. The predicted molar refractivity (Wildman–Crippen MR) is 135 cm³/mol. The maximum Gasteiger partial charge on any atom is 0.241 e. The van der Waals surface area contributed by atoms with E-state index in [0.717, 1.165) is 11.1 Å². The van der Waals surface area contributed by atoms with Gasteiger partial charge in [0, 0.05) is 27.9 Å². The Hall–Kier alpha value is -2.29. The van der Waals surface area contributed by atoms with Crippen LogP contribution in [-0.4, -0.2) is 20.7 Å². The molecule has 2 atom stereocenters. The number of halogens is 3. The van der Waals surface area contributed by atoms with Crippen LogP contribution in [-0.2, 0) is 16.4 Å². The van der Waals surface area contributed by atoms with Gasteiger partial charge in [-0.1, -0.05) is 53.0 Å². The minimum absolute atomic E-state index is 0.123. The largest absolute Gasteiger partial charge is 0.493 e. The molecule has 0 fully saturated rings. The molecule has 3 aromatic carbocycles. The highest BCUT2D eigenvalue weighted by atomic mass is 35.5. The van der Waals surface area contributed by atoms with E-state index in [-0.39, 0.29) is 10.9 Å². The number of sulfonamides is 1. The summed E-state index contributed by atoms with van der Waals surface area (Å²) in [4.78, 5) is 0.160. The van der Waals surface area contributed by atoms with Crippen molar-refractivity contribution in [2.45, 2.75) is 29.8 Å². The third kappa shape index (κ3) is 4.76. The lowest BCUT2D eigenvalue weighted by atomic mass is 9.96. The number of nitrogens with one attached hydrogen (secondary N) is 2. The predicted octanol–water partition coefficient (Wildman–Crippen LogP) is 5.69. The molecular formula is C24H20Cl3N3O3S. The molecule has 0 aromatic heterocycles. The van der Waals surface area contributed by atoms with Crippen LogP contribution >= 0.6 is 34.8 Å². The summed E-state index contributed by atoms with van der Waals surface area (Å²) in [5.41, 5.74) is 6.14. The lowest BCUT2D eigenvalue weighted by molar-refractivity contribution is 0.356. The van der Waals surface area contributed by atoms with Crippen molar-refractivity contribution in [2.24, 2.45) is 5.10 Å². The summed E-state index contributed by atoms with van der Waals surface area (Å²) in [5.74, 6) is 0.714. The molecule has 0 saturated heterocycles. The molecule has 2 unspecified atom stereocenters. The summed E-state index contributed by atoms with van der Waals surface area (Å²) in [6.07, 6.45) is 1.15. The van der Waals surface area contributed by atoms with E-state index in [2.05, 4.69) is 15.2 Å². The molecular weight excluding hydrogens is 517 g/mol. The van der Waals surface area contributed by atoms with E-state index < -0.39 is 16.1 Å². The molecule has 0 saturated carbocycles. The number of ether oxygens (including phenoxy) is 1. The average molecular weight is 537 g/mol. The van der Waals surface area contributed by atoms with Crippen molar-refractivity contribution in [3.63, 3.8) is 0 Å². The van der Waals surface area contributed by atoms with E-state index in [9.17, 15) is 8.42 Å². The Morgan fingerprint density at radius 2 is 1.76 bits per heavy atom. The molecule has 0 radical (unpaired) electrons. The van der Waals surface area contributed by atoms with Crippen molar-refractivity contribution < 1.29 is 13.2 Å². The normalized spacial score (nSPS) is 18.1. The van der Waals surface area contributed by atoms with Gasteiger partial charge in [0.1, 0.15) is 5.75 Å². The van der Waals surface area contributed by atoms with Gasteiger partial charge in [-0.15, -0.1) is 0 Å². The number of nitrogens with zero attached hydrogens (tertiary/aromatic N) is 1. The quantitative estimate of drug-likeness (QED) is 0.424. The average Bonchev–Trinajstić information content (AvgIpc) is 3.48. The van der Waals surface area contributed by atoms with E-state index in [1.54, 1.807) is 30.3 Å². The van der Waals surface area contributed by atoms with E-state index in [1.807, 2.05) is 24.3 Å². The standard InChI is InChI=1S/C24H20Cl3N3O3S/c25-16-3-1-14(2-4-16)21-13-22(29-28-21)24(19-7-5-17(26)12-20(19)27)30-34(31,32)18-6-8-23-15(11-18)9-10-33-23/h1-8,11-12,21,24,28,30H,9-10,13H2. The second kappa shape index (κ2) is 9.40. The van der Waals surface area contributed by atoms with Crippen molar-refractivity contribution in [2.75, 3.05) is 6.61 Å². The first-order valence-electron chi connectivity index (χ1n) is 10.6. The van der Waals surface area contributed by atoms with E-state index >= 15 is 0 Å². The molecule has 3 aromatic rings. The second-order valence-corrected chi connectivity index (χ2v) is 11.1. The van der Waals surface area contributed by atoms with Crippen LogP contribution in [0.2, 0.25) is 15.1 Å². The van der Waals surface area contributed by atoms with Gasteiger partial charge in [-0.2, -0.15) is 9.82 Å². The summed E-state index contributed by atoms with van der Waals surface area (Å²) in [6.45, 7) is 0.545. The number of fused-ring (bicyclic) bond motifs is 1. The molecule has 6 nitrogen and oxygen atoms in total. The van der Waals surface area contributed by atoms with Crippen LogP contribution in [0, 0.1) is 0 Å². The monoisotopic (exact) mass is 535 g/mol. The van der Waals surface area contributed by atoms with Gasteiger partial charge in [0.05, 0.1) is 29.3 Å². The molecule has 5 rings (SSSR count).